The standard InChI is InChI=1S/C23H21F2NO2/c1-14(2)16-6-8-17(9-7-16)18-5-3-4-15(12-18)13-28-20-11-10-19(24)21(22(20)25)23(26)27/h3-12,14H,13H2,1-2H3,(H2,26,27). The van der Waals surface area contributed by atoms with E-state index in [1.807, 2.05) is 24.3 Å². The molecule has 28 heavy (non-hydrogen) atoms. The average Bonchev–Trinajstić information content (AvgIpc) is 2.67. The van der Waals surface area contributed by atoms with Crippen LogP contribution in [0.3, 0.4) is 0 Å². The van der Waals surface area contributed by atoms with Crippen molar-refractivity contribution in [2.24, 2.45) is 5.73 Å². The van der Waals surface area contributed by atoms with Crippen molar-refractivity contribution in [3.05, 3.63) is 89.0 Å². The van der Waals surface area contributed by atoms with Crippen LogP contribution in [-0.4, -0.2) is 5.91 Å². The third kappa shape index (κ3) is 4.19. The zero-order chi connectivity index (χ0) is 20.3. The molecule has 0 heterocycles. The summed E-state index contributed by atoms with van der Waals surface area (Å²) in [5, 5.41) is 0. The Hall–Kier alpha value is -3.21. The summed E-state index contributed by atoms with van der Waals surface area (Å²) in [4.78, 5) is 11.2. The zero-order valence-corrected chi connectivity index (χ0v) is 15.7. The zero-order valence-electron chi connectivity index (χ0n) is 15.7. The lowest BCUT2D eigenvalue weighted by Crippen LogP contribution is -2.16. The first-order chi connectivity index (χ1) is 13.4. The maximum Gasteiger partial charge on any atom is 0.254 e. The lowest BCUT2D eigenvalue weighted by molar-refractivity contribution is 0.0991. The van der Waals surface area contributed by atoms with E-state index in [0.29, 0.717) is 5.92 Å². The van der Waals surface area contributed by atoms with Gasteiger partial charge in [0.25, 0.3) is 5.91 Å². The van der Waals surface area contributed by atoms with Gasteiger partial charge in [-0.2, -0.15) is 0 Å². The summed E-state index contributed by atoms with van der Waals surface area (Å²) in [5.74, 6) is -3.03. The quantitative estimate of drug-likeness (QED) is 0.619. The number of carbonyl (C=O) groups is 1. The fourth-order valence-corrected chi connectivity index (χ4v) is 2.93. The smallest absolute Gasteiger partial charge is 0.254 e. The molecular formula is C23H21F2NO2. The van der Waals surface area contributed by atoms with Crippen molar-refractivity contribution in [3.8, 4) is 16.9 Å². The Kier molecular flexibility index (Phi) is 5.73. The highest BCUT2D eigenvalue weighted by Gasteiger charge is 2.19. The van der Waals surface area contributed by atoms with E-state index in [2.05, 4.69) is 38.1 Å². The van der Waals surface area contributed by atoms with Gasteiger partial charge in [0.05, 0.1) is 0 Å². The number of hydrogen-bond acceptors (Lipinski definition) is 2. The van der Waals surface area contributed by atoms with Crippen molar-refractivity contribution >= 4 is 5.91 Å². The summed E-state index contributed by atoms with van der Waals surface area (Å²) in [6.07, 6.45) is 0. The molecule has 3 rings (SSSR count). The van der Waals surface area contributed by atoms with Gasteiger partial charge < -0.3 is 10.5 Å². The van der Waals surface area contributed by atoms with E-state index >= 15 is 0 Å². The number of amides is 1. The summed E-state index contributed by atoms with van der Waals surface area (Å²) in [6.45, 7) is 4.36. The Bertz CT molecular complexity index is 998. The molecule has 0 spiro atoms. The van der Waals surface area contributed by atoms with E-state index in [-0.39, 0.29) is 12.4 Å². The Morgan fingerprint density at radius 1 is 1.00 bits per heavy atom. The lowest BCUT2D eigenvalue weighted by Gasteiger charge is -2.11. The van der Waals surface area contributed by atoms with Crippen molar-refractivity contribution in [1.82, 2.24) is 0 Å². The molecule has 0 saturated heterocycles. The summed E-state index contributed by atoms with van der Waals surface area (Å²) in [6, 6.07) is 18.1. The van der Waals surface area contributed by atoms with Crippen LogP contribution in [0.25, 0.3) is 11.1 Å². The molecule has 3 aromatic rings. The van der Waals surface area contributed by atoms with Gasteiger partial charge in [0, 0.05) is 0 Å². The summed E-state index contributed by atoms with van der Waals surface area (Å²) in [5.41, 5.74) is 8.39. The van der Waals surface area contributed by atoms with Crippen LogP contribution in [0.2, 0.25) is 0 Å². The molecule has 5 heteroatoms. The second kappa shape index (κ2) is 8.21. The third-order valence-corrected chi connectivity index (χ3v) is 4.53. The van der Waals surface area contributed by atoms with Gasteiger partial charge in [0.2, 0.25) is 0 Å². The van der Waals surface area contributed by atoms with Crippen molar-refractivity contribution in [2.45, 2.75) is 26.4 Å². The first-order valence-electron chi connectivity index (χ1n) is 8.96. The van der Waals surface area contributed by atoms with Crippen LogP contribution >= 0.6 is 0 Å². The van der Waals surface area contributed by atoms with Crippen LogP contribution in [-0.2, 0) is 6.61 Å². The predicted molar refractivity (Wildman–Crippen MR) is 105 cm³/mol. The number of hydrogen-bond donors (Lipinski definition) is 1. The van der Waals surface area contributed by atoms with Gasteiger partial charge >= 0.3 is 0 Å². The van der Waals surface area contributed by atoms with Gasteiger partial charge in [-0.3, -0.25) is 4.79 Å². The molecule has 3 nitrogen and oxygen atoms in total. The molecule has 0 unspecified atom stereocenters. The SMILES string of the molecule is CC(C)c1ccc(-c2cccc(COc3ccc(F)c(C(N)=O)c3F)c2)cc1. The number of carbonyl (C=O) groups excluding carboxylic acids is 1. The van der Waals surface area contributed by atoms with E-state index < -0.39 is 23.1 Å². The topological polar surface area (TPSA) is 52.3 Å². The lowest BCUT2D eigenvalue weighted by atomic mass is 9.98. The van der Waals surface area contributed by atoms with E-state index in [1.165, 1.54) is 5.56 Å². The van der Waals surface area contributed by atoms with Gasteiger partial charge in [-0.15, -0.1) is 0 Å². The maximum atomic E-state index is 14.3. The highest BCUT2D eigenvalue weighted by atomic mass is 19.1. The number of rotatable bonds is 6. The Balaban J connectivity index is 1.79. The molecule has 144 valence electrons. The number of primary amides is 1. The van der Waals surface area contributed by atoms with Crippen molar-refractivity contribution < 1.29 is 18.3 Å². The minimum Gasteiger partial charge on any atom is -0.486 e. The van der Waals surface area contributed by atoms with Gasteiger partial charge in [0.15, 0.2) is 11.6 Å². The van der Waals surface area contributed by atoms with Gasteiger partial charge in [-0.05, 0) is 46.4 Å². The third-order valence-electron chi connectivity index (χ3n) is 4.53. The van der Waals surface area contributed by atoms with Gasteiger partial charge in [0.1, 0.15) is 18.0 Å². The van der Waals surface area contributed by atoms with Crippen LogP contribution in [0, 0.1) is 11.6 Å². The highest BCUT2D eigenvalue weighted by molar-refractivity contribution is 5.93. The van der Waals surface area contributed by atoms with Crippen LogP contribution < -0.4 is 10.5 Å². The number of benzene rings is 3. The van der Waals surface area contributed by atoms with Gasteiger partial charge in [-0.1, -0.05) is 56.3 Å². The highest BCUT2D eigenvalue weighted by Crippen LogP contribution is 2.26. The molecule has 0 radical (unpaired) electrons. The molecule has 0 aliphatic rings. The second-order valence-corrected chi connectivity index (χ2v) is 6.86. The van der Waals surface area contributed by atoms with Crippen molar-refractivity contribution in [1.29, 1.82) is 0 Å². The first-order valence-corrected chi connectivity index (χ1v) is 8.96. The molecule has 3 aromatic carbocycles. The number of nitrogens with two attached hydrogens (primary N) is 1. The Morgan fingerprint density at radius 2 is 1.71 bits per heavy atom. The molecule has 0 aliphatic heterocycles. The minimum atomic E-state index is -1.17. The largest absolute Gasteiger partial charge is 0.486 e. The van der Waals surface area contributed by atoms with E-state index in [0.717, 1.165) is 28.8 Å². The van der Waals surface area contributed by atoms with Crippen LogP contribution in [0.15, 0.2) is 60.7 Å². The van der Waals surface area contributed by atoms with Crippen LogP contribution in [0.4, 0.5) is 8.78 Å². The first kappa shape index (κ1) is 19.5. The van der Waals surface area contributed by atoms with Crippen molar-refractivity contribution in [3.63, 3.8) is 0 Å². The van der Waals surface area contributed by atoms with Gasteiger partial charge in [-0.25, -0.2) is 8.78 Å². The molecule has 0 aliphatic carbocycles. The fraction of sp³-hybridized carbons (Fsp3) is 0.174. The number of ether oxygens (including phenoxy) is 1. The van der Waals surface area contributed by atoms with E-state index in [4.69, 9.17) is 10.5 Å². The monoisotopic (exact) mass is 381 g/mol. The molecule has 0 aromatic heterocycles. The summed E-state index contributed by atoms with van der Waals surface area (Å²) >= 11 is 0. The minimum absolute atomic E-state index is 0.0681. The molecular weight excluding hydrogens is 360 g/mol. The molecule has 2 N–H and O–H groups in total. The van der Waals surface area contributed by atoms with Crippen LogP contribution in [0.1, 0.15) is 41.3 Å². The normalized spacial score (nSPS) is 10.9. The molecule has 0 saturated carbocycles. The summed E-state index contributed by atoms with van der Waals surface area (Å²) < 4.78 is 33.3. The van der Waals surface area contributed by atoms with Crippen molar-refractivity contribution in [2.75, 3.05) is 0 Å². The average molecular weight is 381 g/mol. The Morgan fingerprint density at radius 3 is 2.36 bits per heavy atom. The van der Waals surface area contributed by atoms with E-state index in [9.17, 15) is 13.6 Å². The Labute approximate surface area is 162 Å². The molecule has 0 bridgehead atoms. The maximum absolute atomic E-state index is 14.3. The number of halogens is 2. The van der Waals surface area contributed by atoms with E-state index in [1.54, 1.807) is 0 Å². The molecule has 1 amide bonds. The van der Waals surface area contributed by atoms with Crippen LogP contribution in [0.5, 0.6) is 5.75 Å². The molecule has 0 atom stereocenters. The fourth-order valence-electron chi connectivity index (χ4n) is 2.93. The second-order valence-electron chi connectivity index (χ2n) is 6.86. The predicted octanol–water partition coefficient (Wildman–Crippen LogP) is 5.43. The molecule has 0 fully saturated rings. The summed E-state index contributed by atoms with van der Waals surface area (Å²) in [7, 11) is 0.